The predicted molar refractivity (Wildman–Crippen MR) is 134 cm³/mol. The largest absolute Gasteiger partial charge is 0.507 e. The van der Waals surface area contributed by atoms with Gasteiger partial charge >= 0.3 is 6.18 Å². The topological polar surface area (TPSA) is 66.8 Å². The predicted octanol–water partition coefficient (Wildman–Crippen LogP) is 6.77. The average Bonchev–Trinajstić information content (AvgIpc) is 3.13. The number of anilines is 1. The van der Waals surface area contributed by atoms with Crippen LogP contribution in [0.2, 0.25) is 0 Å². The highest BCUT2D eigenvalue weighted by molar-refractivity contribution is 6.51. The first-order valence-electron chi connectivity index (χ1n) is 11.7. The number of rotatable bonds is 5. The normalized spacial score (nSPS) is 17.5. The minimum Gasteiger partial charge on any atom is -0.507 e. The molecule has 192 valence electrons. The first-order chi connectivity index (χ1) is 17.4. The third-order valence-electron chi connectivity index (χ3n) is 6.38. The highest BCUT2D eigenvalue weighted by Crippen LogP contribution is 2.44. The van der Waals surface area contributed by atoms with Crippen molar-refractivity contribution < 1.29 is 32.6 Å². The molecule has 1 atom stereocenters. The summed E-state index contributed by atoms with van der Waals surface area (Å²) >= 11 is 0. The molecule has 0 aromatic heterocycles. The van der Waals surface area contributed by atoms with Crippen molar-refractivity contribution in [1.29, 1.82) is 0 Å². The molecule has 0 bridgehead atoms. The number of hydrogen-bond donors (Lipinski definition) is 1. The number of ketones is 1. The van der Waals surface area contributed by atoms with E-state index in [1.54, 1.807) is 36.4 Å². The number of benzene rings is 3. The number of Topliss-reactive ketones (excluding diaryl/α,β-unsaturated/α-hetero) is 1. The van der Waals surface area contributed by atoms with Gasteiger partial charge in [0.05, 0.1) is 24.3 Å². The molecule has 3 aromatic rings. The summed E-state index contributed by atoms with van der Waals surface area (Å²) < 4.78 is 45.8. The van der Waals surface area contributed by atoms with Crippen molar-refractivity contribution in [2.24, 2.45) is 0 Å². The van der Waals surface area contributed by atoms with Crippen molar-refractivity contribution >= 4 is 23.1 Å². The van der Waals surface area contributed by atoms with E-state index in [1.807, 2.05) is 26.8 Å². The summed E-state index contributed by atoms with van der Waals surface area (Å²) in [7, 11) is 1.53. The van der Waals surface area contributed by atoms with Crippen molar-refractivity contribution in [3.05, 3.63) is 100 Å². The molecule has 8 heteroatoms. The number of alkyl halides is 3. The lowest BCUT2D eigenvalue weighted by Crippen LogP contribution is -2.29. The number of aryl methyl sites for hydroxylation is 1. The quantitative estimate of drug-likeness (QED) is 0.234. The maximum atomic E-state index is 13.5. The molecule has 1 aliphatic heterocycles. The number of carbonyl (C=O) groups excluding carboxylic acids is 2. The molecule has 3 aromatic carbocycles. The highest BCUT2D eigenvalue weighted by Gasteiger charge is 2.47. The van der Waals surface area contributed by atoms with E-state index in [4.69, 9.17) is 4.74 Å². The van der Waals surface area contributed by atoms with Crippen LogP contribution in [0.1, 0.15) is 53.6 Å². The van der Waals surface area contributed by atoms with Gasteiger partial charge in [-0.1, -0.05) is 49.7 Å². The standard InChI is InChI=1S/C29H26F3NO4/c1-16(2)22-14-19(11-12-23(22)37-4)26(34)24-25(18-8-5-7-17(3)13-18)33(28(36)27(24)35)21-10-6-9-20(15-21)29(30,31)32/h5-16,25,34H,1-4H3/b26-24-. The Morgan fingerprint density at radius 3 is 2.32 bits per heavy atom. The second-order valence-corrected chi connectivity index (χ2v) is 9.24. The lowest BCUT2D eigenvalue weighted by molar-refractivity contribution is -0.137. The fourth-order valence-electron chi connectivity index (χ4n) is 4.57. The van der Waals surface area contributed by atoms with Gasteiger partial charge in [-0.05, 0) is 60.4 Å². The molecule has 1 unspecified atom stereocenters. The van der Waals surface area contributed by atoms with Crippen molar-refractivity contribution in [3.8, 4) is 5.75 Å². The number of nitrogens with zero attached hydrogens (tertiary/aromatic N) is 1. The van der Waals surface area contributed by atoms with Crippen LogP contribution < -0.4 is 9.64 Å². The van der Waals surface area contributed by atoms with Crippen molar-refractivity contribution in [1.82, 2.24) is 0 Å². The Hall–Kier alpha value is -4.07. The van der Waals surface area contributed by atoms with E-state index in [1.165, 1.54) is 19.2 Å². The number of methoxy groups -OCH3 is 1. The molecule has 37 heavy (non-hydrogen) atoms. The second kappa shape index (κ2) is 9.76. The van der Waals surface area contributed by atoms with Crippen molar-refractivity contribution in [2.75, 3.05) is 12.0 Å². The average molecular weight is 510 g/mol. The molecule has 5 nitrogen and oxygen atoms in total. The molecular weight excluding hydrogens is 483 g/mol. The summed E-state index contributed by atoms with van der Waals surface area (Å²) in [5, 5.41) is 11.4. The molecule has 1 heterocycles. The van der Waals surface area contributed by atoms with Crippen LogP contribution in [-0.2, 0) is 15.8 Å². The molecule has 0 spiro atoms. The third-order valence-corrected chi connectivity index (χ3v) is 6.38. The number of aliphatic hydroxyl groups excluding tert-OH is 1. The van der Waals surface area contributed by atoms with Gasteiger partial charge in [-0.15, -0.1) is 0 Å². The van der Waals surface area contributed by atoms with Crippen LogP contribution in [0, 0.1) is 6.92 Å². The Balaban J connectivity index is 1.96. The fourth-order valence-corrected chi connectivity index (χ4v) is 4.57. The number of halogens is 3. The minimum absolute atomic E-state index is 0.0304. The van der Waals surface area contributed by atoms with Crippen molar-refractivity contribution in [2.45, 2.75) is 38.9 Å². The molecule has 1 N–H and O–H groups in total. The van der Waals surface area contributed by atoms with Gasteiger partial charge in [0.15, 0.2) is 0 Å². The van der Waals surface area contributed by atoms with E-state index in [9.17, 15) is 27.9 Å². The van der Waals surface area contributed by atoms with Crippen LogP contribution in [0.4, 0.5) is 18.9 Å². The van der Waals surface area contributed by atoms with Crippen LogP contribution in [0.5, 0.6) is 5.75 Å². The first-order valence-corrected chi connectivity index (χ1v) is 11.7. The van der Waals surface area contributed by atoms with Crippen LogP contribution in [0.25, 0.3) is 5.76 Å². The molecule has 0 radical (unpaired) electrons. The third kappa shape index (κ3) is 4.83. The SMILES string of the molecule is COc1ccc(/C(O)=C2/C(=O)C(=O)N(c3cccc(C(F)(F)F)c3)C2c2cccc(C)c2)cc1C(C)C. The van der Waals surface area contributed by atoms with E-state index in [0.717, 1.165) is 28.2 Å². The van der Waals surface area contributed by atoms with Gasteiger partial charge in [0.2, 0.25) is 0 Å². The van der Waals surface area contributed by atoms with E-state index in [0.29, 0.717) is 16.9 Å². The van der Waals surface area contributed by atoms with Gasteiger partial charge in [0.1, 0.15) is 11.5 Å². The summed E-state index contributed by atoms with van der Waals surface area (Å²) in [6.45, 7) is 5.71. The van der Waals surface area contributed by atoms with Gasteiger partial charge in [-0.3, -0.25) is 14.5 Å². The number of amides is 1. The molecule has 1 aliphatic rings. The fraction of sp³-hybridized carbons (Fsp3) is 0.241. The van der Waals surface area contributed by atoms with Crippen LogP contribution in [-0.4, -0.2) is 23.9 Å². The number of aliphatic hydroxyl groups is 1. The Morgan fingerprint density at radius 2 is 1.70 bits per heavy atom. The summed E-state index contributed by atoms with van der Waals surface area (Å²) in [5.74, 6) is -1.79. The zero-order valence-corrected chi connectivity index (χ0v) is 20.8. The summed E-state index contributed by atoms with van der Waals surface area (Å²) in [6.07, 6.45) is -4.64. The number of hydrogen-bond acceptors (Lipinski definition) is 4. The summed E-state index contributed by atoms with van der Waals surface area (Å²) in [4.78, 5) is 27.6. The monoisotopic (exact) mass is 509 g/mol. The Bertz CT molecular complexity index is 1410. The van der Waals surface area contributed by atoms with Crippen molar-refractivity contribution in [3.63, 3.8) is 0 Å². The molecule has 0 saturated carbocycles. The minimum atomic E-state index is -4.64. The molecule has 1 fully saturated rings. The first kappa shape index (κ1) is 26.0. The van der Waals surface area contributed by atoms with Crippen LogP contribution in [0.3, 0.4) is 0 Å². The van der Waals surface area contributed by atoms with Gasteiger partial charge in [0.25, 0.3) is 11.7 Å². The Kier molecular flexibility index (Phi) is 6.86. The van der Waals surface area contributed by atoms with Gasteiger partial charge < -0.3 is 9.84 Å². The Morgan fingerprint density at radius 1 is 1.00 bits per heavy atom. The van der Waals surface area contributed by atoms with E-state index < -0.39 is 35.2 Å². The zero-order chi connectivity index (χ0) is 27.1. The van der Waals surface area contributed by atoms with Gasteiger partial charge in [0, 0.05) is 11.3 Å². The van der Waals surface area contributed by atoms with Gasteiger partial charge in [-0.25, -0.2) is 0 Å². The molecule has 1 saturated heterocycles. The zero-order valence-electron chi connectivity index (χ0n) is 20.8. The number of carbonyl (C=O) groups is 2. The molecule has 0 aliphatic carbocycles. The van der Waals surface area contributed by atoms with Crippen LogP contribution >= 0.6 is 0 Å². The maximum absolute atomic E-state index is 13.5. The lowest BCUT2D eigenvalue weighted by Gasteiger charge is -2.26. The molecule has 4 rings (SSSR count). The highest BCUT2D eigenvalue weighted by atomic mass is 19.4. The van der Waals surface area contributed by atoms with Crippen LogP contribution in [0.15, 0.2) is 72.3 Å². The smallest absolute Gasteiger partial charge is 0.416 e. The summed E-state index contributed by atoms with van der Waals surface area (Å²) in [6, 6.07) is 15.0. The van der Waals surface area contributed by atoms with Gasteiger partial charge in [-0.2, -0.15) is 13.2 Å². The molecule has 1 amide bonds. The van der Waals surface area contributed by atoms with E-state index in [-0.39, 0.29) is 17.2 Å². The number of ether oxygens (including phenoxy) is 1. The van der Waals surface area contributed by atoms with E-state index in [2.05, 4.69) is 0 Å². The Labute approximate surface area is 212 Å². The lowest BCUT2D eigenvalue weighted by atomic mass is 9.92. The molecular formula is C29H26F3NO4. The maximum Gasteiger partial charge on any atom is 0.416 e. The second-order valence-electron chi connectivity index (χ2n) is 9.24. The summed E-state index contributed by atoms with van der Waals surface area (Å²) in [5.41, 5.74) is 1.13. The van der Waals surface area contributed by atoms with E-state index >= 15 is 0 Å².